The number of hydrazone groups is 1. The van der Waals surface area contributed by atoms with Crippen LogP contribution < -0.4 is 28.1 Å². The van der Waals surface area contributed by atoms with Crippen molar-refractivity contribution in [2.75, 3.05) is 38.2 Å². The van der Waals surface area contributed by atoms with Gasteiger partial charge in [-0.05, 0) is 30.9 Å². The first-order chi connectivity index (χ1) is 17.2. The summed E-state index contributed by atoms with van der Waals surface area (Å²) < 4.78 is 33.3. The molecule has 0 bridgehead atoms. The van der Waals surface area contributed by atoms with Gasteiger partial charge < -0.3 is 31.2 Å². The number of hydrogen-bond donors (Lipinski definition) is 5. The number of aromatic nitrogens is 1. The van der Waals surface area contributed by atoms with Gasteiger partial charge in [0.1, 0.15) is 6.61 Å². The highest BCUT2D eigenvalue weighted by molar-refractivity contribution is 5.72. The normalized spacial score (nSPS) is 15.9. The predicted octanol–water partition coefficient (Wildman–Crippen LogP) is 1.48. The first-order valence-corrected chi connectivity index (χ1v) is 12.0. The van der Waals surface area contributed by atoms with Gasteiger partial charge in [-0.2, -0.15) is 0 Å². The molecule has 1 aliphatic heterocycles. The zero-order valence-electron chi connectivity index (χ0n) is 22.2. The number of amidine groups is 1. The third kappa shape index (κ3) is 11.0. The molecule has 14 heteroatoms. The zero-order valence-corrected chi connectivity index (χ0v) is 22.2. The minimum Gasteiger partial charge on any atom is -0.481 e. The molecule has 2 rings (SSSR count). The van der Waals surface area contributed by atoms with Gasteiger partial charge in [0.25, 0.3) is 11.9 Å². The molecule has 0 unspecified atom stereocenters. The van der Waals surface area contributed by atoms with Crippen LogP contribution in [-0.4, -0.2) is 71.4 Å². The Morgan fingerprint density at radius 3 is 2.46 bits per heavy atom. The Morgan fingerprint density at radius 1 is 1.32 bits per heavy atom. The number of piperidine rings is 1. The number of aryl methyl sites for hydroxylation is 1. The fourth-order valence-corrected chi connectivity index (χ4v) is 3.59. The molecule has 0 saturated carbocycles. The first-order valence-electron chi connectivity index (χ1n) is 12.0. The molecule has 1 saturated heterocycles. The summed E-state index contributed by atoms with van der Waals surface area (Å²) in [7, 11) is 1.61. The van der Waals surface area contributed by atoms with Crippen molar-refractivity contribution in [3.63, 3.8) is 0 Å². The molecule has 0 amide bonds. The summed E-state index contributed by atoms with van der Waals surface area (Å²) in [6, 6.07) is 3.34. The van der Waals surface area contributed by atoms with E-state index in [9.17, 15) is 8.78 Å². The first kappa shape index (κ1) is 31.6. The quantitative estimate of drug-likeness (QED) is 0.135. The van der Waals surface area contributed by atoms with Gasteiger partial charge in [0.2, 0.25) is 0 Å². The summed E-state index contributed by atoms with van der Waals surface area (Å²) in [4.78, 5) is 15.3. The van der Waals surface area contributed by atoms with Crippen LogP contribution in [0.15, 0.2) is 22.9 Å². The molecular weight excluding hydrogens is 488 g/mol. The lowest BCUT2D eigenvalue weighted by atomic mass is 10.1. The number of halogens is 2. The number of rotatable bonds is 9. The third-order valence-electron chi connectivity index (χ3n) is 5.17. The largest absolute Gasteiger partial charge is 0.481 e. The van der Waals surface area contributed by atoms with Gasteiger partial charge in [-0.3, -0.25) is 4.79 Å². The standard InChI is InChI=1S/C21H37F2N9O.C2H4O2/c1-5-15-17(31-10-6-9-21(22,23)13-31)8-7-16(28-15)19(24)18(30(4)26)12-33-20(25)29-32(27)11-14(2)3;1-2(3)4/h7-8,14H,5-6,9-13,24,26-27H2,1-4H3,(H2,25,29);1H3,(H,3,4)/b19-18-;. The van der Waals surface area contributed by atoms with E-state index in [2.05, 4.69) is 10.1 Å². The topological polar surface area (TPSA) is 186 Å². The number of likely N-dealkylation sites (N-methyl/N-ethyl adjacent to an activating group) is 1. The van der Waals surface area contributed by atoms with Crippen molar-refractivity contribution >= 4 is 23.4 Å². The number of ether oxygens (including phenoxy) is 1. The summed E-state index contributed by atoms with van der Waals surface area (Å²) in [5.41, 5.74) is 14.7. The second kappa shape index (κ2) is 14.4. The van der Waals surface area contributed by atoms with Gasteiger partial charge >= 0.3 is 6.02 Å². The molecule has 2 heterocycles. The average molecular weight is 530 g/mol. The molecule has 0 spiro atoms. The smallest absolute Gasteiger partial charge is 0.305 e. The van der Waals surface area contributed by atoms with Crippen LogP contribution in [0.2, 0.25) is 0 Å². The predicted molar refractivity (Wildman–Crippen MR) is 140 cm³/mol. The molecule has 0 atom stereocenters. The van der Waals surface area contributed by atoms with E-state index >= 15 is 0 Å². The van der Waals surface area contributed by atoms with Crippen molar-refractivity contribution in [1.29, 1.82) is 0 Å². The van der Waals surface area contributed by atoms with Gasteiger partial charge in [-0.1, -0.05) is 20.8 Å². The fraction of sp³-hybridized carbons (Fsp3) is 0.609. The van der Waals surface area contributed by atoms with Crippen LogP contribution in [0, 0.1) is 5.92 Å². The van der Waals surface area contributed by atoms with E-state index in [0.29, 0.717) is 54.6 Å². The number of carboxylic acids is 1. The molecule has 0 aliphatic carbocycles. The average Bonchev–Trinajstić information content (AvgIpc) is 2.76. The molecule has 1 aliphatic rings. The Hall–Kier alpha value is -3.39. The van der Waals surface area contributed by atoms with Gasteiger partial charge in [0.05, 0.1) is 41.6 Å². The van der Waals surface area contributed by atoms with E-state index in [1.807, 2.05) is 20.8 Å². The summed E-state index contributed by atoms with van der Waals surface area (Å²) in [6.45, 7) is 7.69. The van der Waals surface area contributed by atoms with Crippen LogP contribution in [0.1, 0.15) is 51.9 Å². The highest BCUT2D eigenvalue weighted by Crippen LogP contribution is 2.32. The second-order valence-electron chi connectivity index (χ2n) is 9.13. The van der Waals surface area contributed by atoms with E-state index in [1.165, 1.54) is 10.1 Å². The molecule has 210 valence electrons. The van der Waals surface area contributed by atoms with Crippen LogP contribution in [-0.2, 0) is 16.0 Å². The summed E-state index contributed by atoms with van der Waals surface area (Å²) >= 11 is 0. The van der Waals surface area contributed by atoms with Gasteiger partial charge in [-0.25, -0.2) is 30.6 Å². The van der Waals surface area contributed by atoms with Crippen molar-refractivity contribution in [3.8, 4) is 0 Å². The number of hydrazine groups is 2. The molecule has 1 aromatic heterocycles. The highest BCUT2D eigenvalue weighted by atomic mass is 19.3. The van der Waals surface area contributed by atoms with Crippen molar-refractivity contribution < 1.29 is 23.4 Å². The molecule has 37 heavy (non-hydrogen) atoms. The van der Waals surface area contributed by atoms with Crippen LogP contribution in [0.5, 0.6) is 0 Å². The van der Waals surface area contributed by atoms with Gasteiger partial charge in [0.15, 0.2) is 0 Å². The number of hydrogen-bond acceptors (Lipinski definition) is 10. The minimum absolute atomic E-state index is 0.0626. The lowest BCUT2D eigenvalue weighted by Crippen LogP contribution is -2.43. The second-order valence-corrected chi connectivity index (χ2v) is 9.13. The molecule has 1 fully saturated rings. The number of pyridine rings is 1. The van der Waals surface area contributed by atoms with Crippen molar-refractivity contribution in [2.24, 2.45) is 34.2 Å². The Bertz CT molecular complexity index is 951. The van der Waals surface area contributed by atoms with Crippen molar-refractivity contribution in [1.82, 2.24) is 15.1 Å². The van der Waals surface area contributed by atoms with E-state index < -0.39 is 11.9 Å². The molecule has 1 aromatic rings. The van der Waals surface area contributed by atoms with Crippen molar-refractivity contribution in [2.45, 2.75) is 52.9 Å². The Labute approximate surface area is 216 Å². The lowest BCUT2D eigenvalue weighted by Gasteiger charge is -2.35. The number of anilines is 1. The van der Waals surface area contributed by atoms with Crippen LogP contribution in [0.4, 0.5) is 14.5 Å². The number of nitrogens with zero attached hydrogens (tertiary/aromatic N) is 5. The maximum Gasteiger partial charge on any atom is 0.305 e. The number of alkyl halides is 2. The Morgan fingerprint density at radius 2 is 1.95 bits per heavy atom. The fourth-order valence-electron chi connectivity index (χ4n) is 3.59. The minimum atomic E-state index is -2.70. The Kier molecular flexibility index (Phi) is 12.3. The number of carbonyl (C=O) groups is 1. The molecular formula is C23H41F2N9O3. The highest BCUT2D eigenvalue weighted by Gasteiger charge is 2.36. The number of aliphatic carboxylic acids is 1. The maximum atomic E-state index is 13.9. The molecule has 9 N–H and O–H groups in total. The monoisotopic (exact) mass is 529 g/mol. The van der Waals surface area contributed by atoms with E-state index in [4.69, 9.17) is 37.8 Å². The van der Waals surface area contributed by atoms with Gasteiger partial charge in [-0.15, -0.1) is 5.10 Å². The van der Waals surface area contributed by atoms with Crippen LogP contribution in [0.3, 0.4) is 0 Å². The summed E-state index contributed by atoms with van der Waals surface area (Å²) in [6.07, 6.45) is 0.897. The van der Waals surface area contributed by atoms with Crippen molar-refractivity contribution in [3.05, 3.63) is 29.2 Å². The summed E-state index contributed by atoms with van der Waals surface area (Å²) in [5, 5.41) is 13.9. The van der Waals surface area contributed by atoms with E-state index in [-0.39, 0.29) is 31.3 Å². The maximum absolute atomic E-state index is 13.9. The lowest BCUT2D eigenvalue weighted by molar-refractivity contribution is -0.134. The SMILES string of the molecule is CC(=O)O.CCc1nc(/C(N)=C(\CO/C(N)=N/N(N)CC(C)C)N(C)N)ccc1N1CCCC(F)(F)C1. The Balaban J connectivity index is 0.00000159. The van der Waals surface area contributed by atoms with E-state index in [1.54, 1.807) is 24.1 Å². The summed E-state index contributed by atoms with van der Waals surface area (Å²) in [5.74, 6) is 8.48. The van der Waals surface area contributed by atoms with Crippen LogP contribution in [0.25, 0.3) is 5.70 Å². The van der Waals surface area contributed by atoms with Gasteiger partial charge in [0, 0.05) is 26.9 Å². The molecule has 0 radical (unpaired) electrons. The number of carboxylic acid groups (broad SMARTS) is 1. The van der Waals surface area contributed by atoms with Crippen LogP contribution >= 0.6 is 0 Å². The third-order valence-corrected chi connectivity index (χ3v) is 5.17. The molecule has 12 nitrogen and oxygen atoms in total. The molecule has 0 aromatic carbocycles. The van der Waals surface area contributed by atoms with E-state index in [0.717, 1.165) is 6.92 Å². The zero-order chi connectivity index (χ0) is 28.3. The number of nitrogens with two attached hydrogens (primary N) is 4.